The van der Waals surface area contributed by atoms with Gasteiger partial charge in [0.05, 0.1) is 25.6 Å². The highest BCUT2D eigenvalue weighted by atomic mass is 16.5. The van der Waals surface area contributed by atoms with E-state index in [2.05, 4.69) is 10.3 Å². The molecule has 2 heterocycles. The first-order valence-electron chi connectivity index (χ1n) is 5.62. The topological polar surface area (TPSA) is 43.4 Å². The largest absolute Gasteiger partial charge is 0.493 e. The van der Waals surface area contributed by atoms with Crippen molar-refractivity contribution in [2.24, 2.45) is 5.92 Å². The van der Waals surface area contributed by atoms with Crippen LogP contribution in [0.15, 0.2) is 12.3 Å². The Morgan fingerprint density at radius 1 is 1.62 bits per heavy atom. The molecule has 1 saturated heterocycles. The zero-order valence-electron chi connectivity index (χ0n) is 9.82. The summed E-state index contributed by atoms with van der Waals surface area (Å²) in [7, 11) is 1.66. The lowest BCUT2D eigenvalue weighted by Gasteiger charge is -2.13. The first-order valence-corrected chi connectivity index (χ1v) is 5.62. The van der Waals surface area contributed by atoms with Crippen LogP contribution in [0.25, 0.3) is 0 Å². The molecule has 0 aliphatic carbocycles. The van der Waals surface area contributed by atoms with E-state index in [0.717, 1.165) is 43.3 Å². The third-order valence-corrected chi connectivity index (χ3v) is 2.83. The Kier molecular flexibility index (Phi) is 3.62. The van der Waals surface area contributed by atoms with E-state index in [1.165, 1.54) is 0 Å². The normalized spacial score (nSPS) is 19.8. The van der Waals surface area contributed by atoms with Crippen LogP contribution < -0.4 is 10.1 Å². The smallest absolute Gasteiger partial charge is 0.160 e. The second-order valence-electron chi connectivity index (χ2n) is 4.14. The number of rotatable bonds is 4. The van der Waals surface area contributed by atoms with Crippen molar-refractivity contribution in [2.75, 3.05) is 32.2 Å². The highest BCUT2D eigenvalue weighted by molar-refractivity contribution is 5.55. The summed E-state index contributed by atoms with van der Waals surface area (Å²) >= 11 is 0. The molecule has 2 rings (SSSR count). The van der Waals surface area contributed by atoms with Crippen molar-refractivity contribution in [1.29, 1.82) is 0 Å². The SMILES string of the molecule is COc1cnc(C)cc1NCC1CCOC1. The summed E-state index contributed by atoms with van der Waals surface area (Å²) < 4.78 is 10.6. The van der Waals surface area contributed by atoms with Gasteiger partial charge in [0.25, 0.3) is 0 Å². The Bertz CT molecular complexity index is 349. The predicted molar refractivity (Wildman–Crippen MR) is 62.9 cm³/mol. The third-order valence-electron chi connectivity index (χ3n) is 2.83. The minimum absolute atomic E-state index is 0.609. The fourth-order valence-corrected chi connectivity index (χ4v) is 1.85. The van der Waals surface area contributed by atoms with E-state index in [9.17, 15) is 0 Å². The molecular formula is C12H18N2O2. The molecule has 1 N–H and O–H groups in total. The Morgan fingerprint density at radius 3 is 3.19 bits per heavy atom. The fraction of sp³-hybridized carbons (Fsp3) is 0.583. The van der Waals surface area contributed by atoms with E-state index in [4.69, 9.17) is 9.47 Å². The molecule has 0 amide bonds. The van der Waals surface area contributed by atoms with Crippen LogP contribution in [-0.4, -0.2) is 31.9 Å². The van der Waals surface area contributed by atoms with Crippen molar-refractivity contribution in [1.82, 2.24) is 4.98 Å². The van der Waals surface area contributed by atoms with Gasteiger partial charge >= 0.3 is 0 Å². The lowest BCUT2D eigenvalue weighted by atomic mass is 10.1. The van der Waals surface area contributed by atoms with Crippen LogP contribution in [0.4, 0.5) is 5.69 Å². The summed E-state index contributed by atoms with van der Waals surface area (Å²) in [5.74, 6) is 1.41. The average Bonchev–Trinajstić information content (AvgIpc) is 2.79. The van der Waals surface area contributed by atoms with Gasteiger partial charge in [-0.05, 0) is 19.4 Å². The van der Waals surface area contributed by atoms with E-state index in [-0.39, 0.29) is 0 Å². The minimum atomic E-state index is 0.609. The molecule has 1 atom stereocenters. The number of nitrogens with zero attached hydrogens (tertiary/aromatic N) is 1. The number of hydrogen-bond donors (Lipinski definition) is 1. The quantitative estimate of drug-likeness (QED) is 0.844. The van der Waals surface area contributed by atoms with Crippen LogP contribution in [0.2, 0.25) is 0 Å². The molecule has 0 aromatic carbocycles. The molecule has 88 valence electrons. The van der Waals surface area contributed by atoms with Crippen LogP contribution in [0.5, 0.6) is 5.75 Å². The number of nitrogens with one attached hydrogen (secondary N) is 1. The molecule has 16 heavy (non-hydrogen) atoms. The molecule has 4 nitrogen and oxygen atoms in total. The average molecular weight is 222 g/mol. The zero-order chi connectivity index (χ0) is 11.4. The second kappa shape index (κ2) is 5.16. The van der Waals surface area contributed by atoms with Gasteiger partial charge in [0.1, 0.15) is 0 Å². The zero-order valence-corrected chi connectivity index (χ0v) is 9.82. The number of aryl methyl sites for hydroxylation is 1. The van der Waals surface area contributed by atoms with Crippen molar-refractivity contribution in [2.45, 2.75) is 13.3 Å². The van der Waals surface area contributed by atoms with Gasteiger partial charge < -0.3 is 14.8 Å². The van der Waals surface area contributed by atoms with Crippen molar-refractivity contribution >= 4 is 5.69 Å². The summed E-state index contributed by atoms with van der Waals surface area (Å²) in [5.41, 5.74) is 2.01. The molecule has 1 aromatic rings. The Balaban J connectivity index is 1.98. The molecule has 1 fully saturated rings. The fourth-order valence-electron chi connectivity index (χ4n) is 1.85. The van der Waals surface area contributed by atoms with Gasteiger partial charge in [-0.25, -0.2) is 0 Å². The molecule has 0 saturated carbocycles. The molecule has 1 aliphatic rings. The Labute approximate surface area is 96.0 Å². The summed E-state index contributed by atoms with van der Waals surface area (Å²) in [6, 6.07) is 2.01. The second-order valence-corrected chi connectivity index (χ2v) is 4.14. The predicted octanol–water partition coefficient (Wildman–Crippen LogP) is 1.85. The van der Waals surface area contributed by atoms with Crippen LogP contribution in [0, 0.1) is 12.8 Å². The number of methoxy groups -OCH3 is 1. The van der Waals surface area contributed by atoms with Crippen LogP contribution in [-0.2, 0) is 4.74 Å². The maximum absolute atomic E-state index is 5.34. The number of hydrogen-bond acceptors (Lipinski definition) is 4. The molecule has 0 radical (unpaired) electrons. The van der Waals surface area contributed by atoms with Gasteiger partial charge in [-0.1, -0.05) is 0 Å². The Morgan fingerprint density at radius 2 is 2.50 bits per heavy atom. The monoisotopic (exact) mass is 222 g/mol. The van der Waals surface area contributed by atoms with E-state index in [1.54, 1.807) is 13.3 Å². The van der Waals surface area contributed by atoms with E-state index < -0.39 is 0 Å². The molecule has 0 bridgehead atoms. The highest BCUT2D eigenvalue weighted by Crippen LogP contribution is 2.24. The van der Waals surface area contributed by atoms with Crippen molar-refractivity contribution in [3.63, 3.8) is 0 Å². The van der Waals surface area contributed by atoms with Gasteiger partial charge in [0, 0.05) is 24.8 Å². The van der Waals surface area contributed by atoms with Gasteiger partial charge in [0.2, 0.25) is 0 Å². The number of anilines is 1. The van der Waals surface area contributed by atoms with E-state index >= 15 is 0 Å². The van der Waals surface area contributed by atoms with Crippen LogP contribution in [0.1, 0.15) is 12.1 Å². The van der Waals surface area contributed by atoms with Crippen LogP contribution >= 0.6 is 0 Å². The first-order chi connectivity index (χ1) is 7.79. The van der Waals surface area contributed by atoms with Crippen molar-refractivity contribution in [3.05, 3.63) is 18.0 Å². The molecule has 4 heteroatoms. The lowest BCUT2D eigenvalue weighted by molar-refractivity contribution is 0.187. The molecule has 0 spiro atoms. The van der Waals surface area contributed by atoms with Gasteiger partial charge in [-0.2, -0.15) is 0 Å². The van der Waals surface area contributed by atoms with Gasteiger partial charge in [-0.15, -0.1) is 0 Å². The van der Waals surface area contributed by atoms with Crippen molar-refractivity contribution in [3.8, 4) is 5.75 Å². The molecule has 1 aromatic heterocycles. The minimum Gasteiger partial charge on any atom is -0.493 e. The van der Waals surface area contributed by atoms with E-state index in [0.29, 0.717) is 5.92 Å². The molecular weight excluding hydrogens is 204 g/mol. The highest BCUT2D eigenvalue weighted by Gasteiger charge is 2.15. The van der Waals surface area contributed by atoms with Gasteiger partial charge in [-0.3, -0.25) is 4.98 Å². The lowest BCUT2D eigenvalue weighted by Crippen LogP contribution is -2.14. The van der Waals surface area contributed by atoms with Gasteiger partial charge in [0.15, 0.2) is 5.75 Å². The molecule has 1 unspecified atom stereocenters. The number of ether oxygens (including phenoxy) is 2. The van der Waals surface area contributed by atoms with Crippen LogP contribution in [0.3, 0.4) is 0 Å². The maximum atomic E-state index is 5.34. The Hall–Kier alpha value is -1.29. The number of pyridine rings is 1. The number of aromatic nitrogens is 1. The summed E-state index contributed by atoms with van der Waals surface area (Å²) in [6.07, 6.45) is 2.89. The summed E-state index contributed by atoms with van der Waals surface area (Å²) in [6.45, 7) is 4.65. The summed E-state index contributed by atoms with van der Waals surface area (Å²) in [4.78, 5) is 4.20. The standard InChI is InChI=1S/C12H18N2O2/c1-9-5-11(12(15-2)7-13-9)14-6-10-3-4-16-8-10/h5,7,10H,3-4,6,8H2,1-2H3,(H,13,14). The van der Waals surface area contributed by atoms with Crippen molar-refractivity contribution < 1.29 is 9.47 Å². The summed E-state index contributed by atoms with van der Waals surface area (Å²) in [5, 5.41) is 3.40. The first kappa shape index (κ1) is 11.2. The van der Waals surface area contributed by atoms with E-state index in [1.807, 2.05) is 13.0 Å². The third kappa shape index (κ3) is 2.64. The maximum Gasteiger partial charge on any atom is 0.160 e. The molecule has 1 aliphatic heterocycles.